The third-order valence-electron chi connectivity index (χ3n) is 4.52. The molecule has 0 atom stereocenters. The molecular weight excluding hydrogens is 340 g/mol. The van der Waals surface area contributed by atoms with Crippen molar-refractivity contribution in [3.8, 4) is 0 Å². The van der Waals surface area contributed by atoms with Crippen LogP contribution in [0.1, 0.15) is 41.6 Å². The summed E-state index contributed by atoms with van der Waals surface area (Å²) in [5.74, 6) is -0.214. The van der Waals surface area contributed by atoms with Crippen molar-refractivity contribution in [2.45, 2.75) is 33.7 Å². The molecular formula is C20H20N6O. The maximum atomic E-state index is 12.7. The largest absolute Gasteiger partial charge is 0.321 e. The topological polar surface area (TPSA) is 85.6 Å². The molecule has 0 bridgehead atoms. The fourth-order valence-electron chi connectivity index (χ4n) is 2.96. The van der Waals surface area contributed by atoms with Crippen LogP contribution in [0.25, 0.3) is 22.1 Å². The van der Waals surface area contributed by atoms with Gasteiger partial charge in [0.1, 0.15) is 0 Å². The number of anilines is 1. The van der Waals surface area contributed by atoms with Crippen molar-refractivity contribution in [2.24, 2.45) is 0 Å². The lowest BCUT2D eigenvalue weighted by Crippen LogP contribution is -2.12. The molecule has 3 aromatic heterocycles. The number of amides is 1. The molecule has 0 aliphatic carbocycles. The van der Waals surface area contributed by atoms with Crippen molar-refractivity contribution in [2.75, 3.05) is 5.32 Å². The summed E-state index contributed by atoms with van der Waals surface area (Å²) in [7, 11) is 0. The van der Waals surface area contributed by atoms with Crippen LogP contribution >= 0.6 is 0 Å². The quantitative estimate of drug-likeness (QED) is 0.600. The predicted octanol–water partition coefficient (Wildman–Crippen LogP) is 3.82. The molecule has 0 spiro atoms. The van der Waals surface area contributed by atoms with Crippen LogP contribution in [0.3, 0.4) is 0 Å². The van der Waals surface area contributed by atoms with Crippen LogP contribution in [0.15, 0.2) is 36.7 Å². The molecule has 0 aliphatic heterocycles. The number of pyridine rings is 1. The minimum atomic E-state index is -0.214. The third-order valence-corrected chi connectivity index (χ3v) is 4.52. The van der Waals surface area contributed by atoms with Gasteiger partial charge in [-0.2, -0.15) is 5.10 Å². The van der Waals surface area contributed by atoms with E-state index in [4.69, 9.17) is 0 Å². The van der Waals surface area contributed by atoms with Gasteiger partial charge >= 0.3 is 0 Å². The number of aryl methyl sites for hydroxylation is 2. The Balaban J connectivity index is 1.62. The third kappa shape index (κ3) is 3.12. The summed E-state index contributed by atoms with van der Waals surface area (Å²) in [6.45, 7) is 7.94. The second kappa shape index (κ2) is 6.42. The highest BCUT2D eigenvalue weighted by Crippen LogP contribution is 2.20. The minimum absolute atomic E-state index is 0.214. The van der Waals surface area contributed by atoms with Crippen molar-refractivity contribution in [3.05, 3.63) is 53.6 Å². The lowest BCUT2D eigenvalue weighted by molar-refractivity contribution is 0.102. The first kappa shape index (κ1) is 17.1. The normalized spacial score (nSPS) is 11.4. The van der Waals surface area contributed by atoms with Gasteiger partial charge in [0, 0.05) is 17.0 Å². The molecule has 136 valence electrons. The molecule has 0 saturated heterocycles. The van der Waals surface area contributed by atoms with Crippen LogP contribution in [-0.4, -0.2) is 30.6 Å². The van der Waals surface area contributed by atoms with E-state index >= 15 is 0 Å². The molecule has 4 aromatic rings. The smallest absolute Gasteiger partial charge is 0.255 e. The number of hydrogen-bond donors (Lipinski definition) is 1. The summed E-state index contributed by atoms with van der Waals surface area (Å²) in [6.07, 6.45) is 3.41. The van der Waals surface area contributed by atoms with E-state index in [1.54, 1.807) is 24.5 Å². The zero-order valence-electron chi connectivity index (χ0n) is 15.7. The highest BCUT2D eigenvalue weighted by molar-refractivity contribution is 6.06. The molecule has 7 heteroatoms. The first-order chi connectivity index (χ1) is 12.9. The van der Waals surface area contributed by atoms with Crippen molar-refractivity contribution in [1.82, 2.24) is 24.7 Å². The lowest BCUT2D eigenvalue weighted by atomic mass is 10.1. The fourth-order valence-corrected chi connectivity index (χ4v) is 2.96. The number of carbonyl (C=O) groups is 1. The Morgan fingerprint density at radius 3 is 2.52 bits per heavy atom. The van der Waals surface area contributed by atoms with Crippen LogP contribution in [0.5, 0.6) is 0 Å². The Hall–Kier alpha value is -3.35. The van der Waals surface area contributed by atoms with E-state index < -0.39 is 0 Å². The molecule has 0 radical (unpaired) electrons. The molecule has 27 heavy (non-hydrogen) atoms. The number of benzene rings is 1. The van der Waals surface area contributed by atoms with Gasteiger partial charge in [-0.1, -0.05) is 0 Å². The van der Waals surface area contributed by atoms with Crippen molar-refractivity contribution in [3.63, 3.8) is 0 Å². The summed E-state index contributed by atoms with van der Waals surface area (Å²) in [5, 5.41) is 8.13. The van der Waals surface area contributed by atoms with E-state index in [1.165, 1.54) is 0 Å². The summed E-state index contributed by atoms with van der Waals surface area (Å²) in [6, 6.07) is 7.43. The fraction of sp³-hybridized carbons (Fsp3) is 0.250. The number of carbonyl (C=O) groups excluding carboxylic acids is 1. The first-order valence-corrected chi connectivity index (χ1v) is 8.82. The van der Waals surface area contributed by atoms with Gasteiger partial charge in [-0.15, -0.1) is 0 Å². The molecule has 1 N–H and O–H groups in total. The second-order valence-electron chi connectivity index (χ2n) is 6.87. The van der Waals surface area contributed by atoms with Gasteiger partial charge in [0.05, 0.1) is 40.5 Å². The van der Waals surface area contributed by atoms with E-state index in [0.717, 1.165) is 27.9 Å². The number of aromatic nitrogens is 5. The van der Waals surface area contributed by atoms with E-state index in [1.807, 2.05) is 30.7 Å². The summed E-state index contributed by atoms with van der Waals surface area (Å²) in [4.78, 5) is 26.1. The summed E-state index contributed by atoms with van der Waals surface area (Å²) in [5.41, 5.74) is 5.18. The van der Waals surface area contributed by atoms with Gasteiger partial charge in [0.15, 0.2) is 5.65 Å². The van der Waals surface area contributed by atoms with E-state index in [0.29, 0.717) is 16.8 Å². The van der Waals surface area contributed by atoms with Crippen LogP contribution < -0.4 is 5.32 Å². The minimum Gasteiger partial charge on any atom is -0.321 e. The van der Waals surface area contributed by atoms with E-state index in [-0.39, 0.29) is 11.9 Å². The highest BCUT2D eigenvalue weighted by Gasteiger charge is 2.12. The van der Waals surface area contributed by atoms with Gasteiger partial charge < -0.3 is 5.32 Å². The zero-order valence-corrected chi connectivity index (χ0v) is 15.7. The molecule has 7 nitrogen and oxygen atoms in total. The number of hydrogen-bond acceptors (Lipinski definition) is 5. The highest BCUT2D eigenvalue weighted by atomic mass is 16.1. The Kier molecular flexibility index (Phi) is 4.07. The molecule has 3 heterocycles. The monoisotopic (exact) mass is 360 g/mol. The average Bonchev–Trinajstić information content (AvgIpc) is 3.05. The van der Waals surface area contributed by atoms with E-state index in [2.05, 4.69) is 39.2 Å². The molecule has 1 aromatic carbocycles. The number of fused-ring (bicyclic) bond motifs is 2. The van der Waals surface area contributed by atoms with Gasteiger partial charge in [-0.05, 0) is 52.0 Å². The number of nitrogens with zero attached hydrogens (tertiary/aromatic N) is 5. The summed E-state index contributed by atoms with van der Waals surface area (Å²) >= 11 is 0. The van der Waals surface area contributed by atoms with Crippen LogP contribution in [0.2, 0.25) is 0 Å². The molecule has 0 saturated carbocycles. The van der Waals surface area contributed by atoms with Gasteiger partial charge in [0.25, 0.3) is 5.91 Å². The van der Waals surface area contributed by atoms with Crippen LogP contribution in [0, 0.1) is 13.8 Å². The molecule has 0 unspecified atom stereocenters. The van der Waals surface area contributed by atoms with Gasteiger partial charge in [-0.25, -0.2) is 19.6 Å². The molecule has 4 rings (SSSR count). The standard InChI is InChI=1S/C20H20N6O/c1-11(2)26-19-15(9-22-26)7-16(10-21-19)25-20(27)14-5-6-17-18(8-14)24-13(4)12(3)23-17/h5-11H,1-4H3,(H,25,27). The van der Waals surface area contributed by atoms with Gasteiger partial charge in [0.2, 0.25) is 0 Å². The van der Waals surface area contributed by atoms with Crippen molar-refractivity contribution in [1.29, 1.82) is 0 Å². The number of rotatable bonds is 3. The Morgan fingerprint density at radius 1 is 1.04 bits per heavy atom. The maximum Gasteiger partial charge on any atom is 0.255 e. The Bertz CT molecular complexity index is 1180. The van der Waals surface area contributed by atoms with Crippen LogP contribution in [0.4, 0.5) is 5.69 Å². The first-order valence-electron chi connectivity index (χ1n) is 8.82. The number of nitrogens with one attached hydrogen (secondary N) is 1. The van der Waals surface area contributed by atoms with Crippen molar-refractivity contribution < 1.29 is 4.79 Å². The molecule has 1 amide bonds. The zero-order chi connectivity index (χ0) is 19.1. The van der Waals surface area contributed by atoms with E-state index in [9.17, 15) is 4.79 Å². The Morgan fingerprint density at radius 2 is 1.78 bits per heavy atom. The molecule has 0 fully saturated rings. The average molecular weight is 360 g/mol. The second-order valence-corrected chi connectivity index (χ2v) is 6.87. The Labute approximate surface area is 156 Å². The lowest BCUT2D eigenvalue weighted by Gasteiger charge is -2.08. The maximum absolute atomic E-state index is 12.7. The SMILES string of the molecule is Cc1nc2ccc(C(=O)Nc3cnc4c(cnn4C(C)C)c3)cc2nc1C. The summed E-state index contributed by atoms with van der Waals surface area (Å²) < 4.78 is 1.85. The van der Waals surface area contributed by atoms with Crippen LogP contribution in [-0.2, 0) is 0 Å². The molecule has 0 aliphatic rings. The van der Waals surface area contributed by atoms with Gasteiger partial charge in [-0.3, -0.25) is 4.79 Å². The van der Waals surface area contributed by atoms with Crippen molar-refractivity contribution >= 4 is 33.7 Å². The predicted molar refractivity (Wildman–Crippen MR) is 105 cm³/mol.